The third-order valence-corrected chi connectivity index (χ3v) is 6.52. The Morgan fingerprint density at radius 1 is 1.25 bits per heavy atom. The van der Waals surface area contributed by atoms with E-state index in [1.54, 1.807) is 0 Å². The van der Waals surface area contributed by atoms with E-state index in [9.17, 15) is 8.42 Å². The van der Waals surface area contributed by atoms with Crippen molar-refractivity contribution in [2.75, 3.05) is 5.75 Å². The van der Waals surface area contributed by atoms with Crippen LogP contribution in [0.15, 0.2) is 24.3 Å². The fourth-order valence-corrected chi connectivity index (χ4v) is 5.00. The molecule has 2 unspecified atom stereocenters. The third-order valence-electron chi connectivity index (χ3n) is 4.18. The Morgan fingerprint density at radius 2 is 1.90 bits per heavy atom. The molecule has 1 fully saturated rings. The van der Waals surface area contributed by atoms with Crippen molar-refractivity contribution in [1.29, 1.82) is 0 Å². The average molecular weight is 296 g/mol. The maximum absolute atomic E-state index is 12.2. The van der Waals surface area contributed by atoms with Crippen molar-refractivity contribution in [2.45, 2.75) is 50.3 Å². The molecule has 5 heteroatoms. The SMILES string of the molecule is CCc1ccc(CC(NN)C2CCCCS2(=O)=O)cc1. The van der Waals surface area contributed by atoms with Gasteiger partial charge in [-0.15, -0.1) is 0 Å². The number of hydrogen-bond acceptors (Lipinski definition) is 4. The van der Waals surface area contributed by atoms with Crippen LogP contribution in [0, 0.1) is 0 Å². The van der Waals surface area contributed by atoms with E-state index in [-0.39, 0.29) is 11.3 Å². The van der Waals surface area contributed by atoms with E-state index in [0.29, 0.717) is 18.6 Å². The van der Waals surface area contributed by atoms with Crippen LogP contribution in [0.1, 0.15) is 37.3 Å². The number of sulfone groups is 1. The normalized spacial score (nSPS) is 23.4. The maximum Gasteiger partial charge on any atom is 0.154 e. The summed E-state index contributed by atoms with van der Waals surface area (Å²) in [6.07, 6.45) is 4.13. The number of nitrogens with two attached hydrogens (primary N) is 1. The first kappa shape index (κ1) is 15.5. The van der Waals surface area contributed by atoms with Crippen LogP contribution in [0.25, 0.3) is 0 Å². The molecule has 0 spiro atoms. The molecule has 0 radical (unpaired) electrons. The van der Waals surface area contributed by atoms with Gasteiger partial charge in [0.1, 0.15) is 0 Å². The summed E-state index contributed by atoms with van der Waals surface area (Å²) in [7, 11) is -3.01. The molecule has 1 saturated heterocycles. The van der Waals surface area contributed by atoms with Gasteiger partial charge in [-0.1, -0.05) is 37.6 Å². The Hall–Kier alpha value is -0.910. The molecule has 1 aromatic rings. The minimum Gasteiger partial charge on any atom is -0.271 e. The zero-order valence-corrected chi connectivity index (χ0v) is 12.8. The van der Waals surface area contributed by atoms with Crippen LogP contribution >= 0.6 is 0 Å². The van der Waals surface area contributed by atoms with Crippen LogP contribution in [0.5, 0.6) is 0 Å². The van der Waals surface area contributed by atoms with Crippen LogP contribution in [0.2, 0.25) is 0 Å². The van der Waals surface area contributed by atoms with Gasteiger partial charge in [0.15, 0.2) is 9.84 Å². The third kappa shape index (κ3) is 3.59. The van der Waals surface area contributed by atoms with Crippen molar-refractivity contribution in [3.63, 3.8) is 0 Å². The molecule has 1 aromatic carbocycles. The Kier molecular flexibility index (Phi) is 5.18. The van der Waals surface area contributed by atoms with E-state index in [1.165, 1.54) is 5.56 Å². The summed E-state index contributed by atoms with van der Waals surface area (Å²) in [4.78, 5) is 0. The smallest absolute Gasteiger partial charge is 0.154 e. The van der Waals surface area contributed by atoms with Crippen molar-refractivity contribution in [3.05, 3.63) is 35.4 Å². The predicted octanol–water partition coefficient (Wildman–Crippen LogP) is 1.59. The Balaban J connectivity index is 2.11. The van der Waals surface area contributed by atoms with E-state index in [0.717, 1.165) is 24.8 Å². The molecule has 0 saturated carbocycles. The summed E-state index contributed by atoms with van der Waals surface area (Å²) >= 11 is 0. The summed E-state index contributed by atoms with van der Waals surface area (Å²) < 4.78 is 24.4. The highest BCUT2D eigenvalue weighted by Gasteiger charge is 2.34. The van der Waals surface area contributed by atoms with Crippen LogP contribution in [0.4, 0.5) is 0 Å². The molecule has 1 heterocycles. The average Bonchev–Trinajstić information content (AvgIpc) is 2.45. The fourth-order valence-electron chi connectivity index (χ4n) is 2.89. The summed E-state index contributed by atoms with van der Waals surface area (Å²) in [5.74, 6) is 5.91. The lowest BCUT2D eigenvalue weighted by Crippen LogP contribution is -2.50. The highest BCUT2D eigenvalue weighted by Crippen LogP contribution is 2.24. The molecular formula is C15H24N2O2S. The van der Waals surface area contributed by atoms with E-state index in [2.05, 4.69) is 36.6 Å². The second-order valence-corrected chi connectivity index (χ2v) is 7.89. The molecule has 0 amide bonds. The lowest BCUT2D eigenvalue weighted by molar-refractivity contribution is 0.440. The molecule has 0 aliphatic carbocycles. The number of aryl methyl sites for hydroxylation is 1. The van der Waals surface area contributed by atoms with Crippen LogP contribution < -0.4 is 11.3 Å². The molecular weight excluding hydrogens is 272 g/mol. The quantitative estimate of drug-likeness (QED) is 0.639. The standard InChI is InChI=1S/C15H24N2O2S/c1-2-12-6-8-13(9-7-12)11-14(17-16)15-5-3-4-10-20(15,18)19/h6-9,14-15,17H,2-5,10-11,16H2,1H3. The van der Waals surface area contributed by atoms with Gasteiger partial charge in [0, 0.05) is 6.04 Å². The van der Waals surface area contributed by atoms with Gasteiger partial charge in [0.2, 0.25) is 0 Å². The second-order valence-electron chi connectivity index (χ2n) is 5.55. The Bertz CT molecular complexity index is 525. The van der Waals surface area contributed by atoms with E-state index < -0.39 is 9.84 Å². The fraction of sp³-hybridized carbons (Fsp3) is 0.600. The van der Waals surface area contributed by atoms with Crippen LogP contribution in [0.3, 0.4) is 0 Å². The van der Waals surface area contributed by atoms with E-state index in [1.807, 2.05) is 0 Å². The zero-order chi connectivity index (χ0) is 14.6. The van der Waals surface area contributed by atoms with Gasteiger partial charge in [-0.3, -0.25) is 11.3 Å². The molecule has 3 N–H and O–H groups in total. The minimum absolute atomic E-state index is 0.201. The summed E-state index contributed by atoms with van der Waals surface area (Å²) in [6.45, 7) is 2.12. The summed E-state index contributed by atoms with van der Waals surface area (Å²) in [6, 6.07) is 8.13. The van der Waals surface area contributed by atoms with Gasteiger partial charge in [-0.25, -0.2) is 8.42 Å². The van der Waals surface area contributed by atoms with Crippen molar-refractivity contribution < 1.29 is 8.42 Å². The zero-order valence-electron chi connectivity index (χ0n) is 12.0. The highest BCUT2D eigenvalue weighted by atomic mass is 32.2. The molecule has 2 atom stereocenters. The van der Waals surface area contributed by atoms with Crippen LogP contribution in [-0.2, 0) is 22.7 Å². The lowest BCUT2D eigenvalue weighted by atomic mass is 9.99. The summed E-state index contributed by atoms with van der Waals surface area (Å²) in [5, 5.41) is -0.355. The largest absolute Gasteiger partial charge is 0.271 e. The molecule has 112 valence electrons. The van der Waals surface area contributed by atoms with E-state index >= 15 is 0 Å². The van der Waals surface area contributed by atoms with Crippen molar-refractivity contribution in [1.82, 2.24) is 5.43 Å². The topological polar surface area (TPSA) is 72.2 Å². The first-order valence-corrected chi connectivity index (χ1v) is 9.04. The van der Waals surface area contributed by atoms with Crippen molar-refractivity contribution >= 4 is 9.84 Å². The summed E-state index contributed by atoms with van der Waals surface area (Å²) in [5.41, 5.74) is 5.14. The van der Waals surface area contributed by atoms with Gasteiger partial charge in [0.25, 0.3) is 0 Å². The number of hydrazine groups is 1. The molecule has 0 bridgehead atoms. The number of hydrogen-bond donors (Lipinski definition) is 2. The molecule has 1 aliphatic heterocycles. The van der Waals surface area contributed by atoms with Gasteiger partial charge in [0.05, 0.1) is 11.0 Å². The first-order valence-electron chi connectivity index (χ1n) is 7.32. The monoisotopic (exact) mass is 296 g/mol. The first-order chi connectivity index (χ1) is 9.56. The molecule has 2 rings (SSSR count). The predicted molar refractivity (Wildman–Crippen MR) is 82.1 cm³/mol. The number of nitrogens with one attached hydrogen (secondary N) is 1. The molecule has 4 nitrogen and oxygen atoms in total. The minimum atomic E-state index is -3.01. The van der Waals surface area contributed by atoms with Crippen molar-refractivity contribution in [3.8, 4) is 0 Å². The second kappa shape index (κ2) is 6.70. The molecule has 0 aromatic heterocycles. The van der Waals surface area contributed by atoms with E-state index in [4.69, 9.17) is 5.84 Å². The lowest BCUT2D eigenvalue weighted by Gasteiger charge is -2.29. The molecule has 20 heavy (non-hydrogen) atoms. The van der Waals surface area contributed by atoms with Gasteiger partial charge in [-0.2, -0.15) is 0 Å². The Labute approximate surface area is 121 Å². The maximum atomic E-state index is 12.2. The Morgan fingerprint density at radius 3 is 2.45 bits per heavy atom. The number of benzene rings is 1. The highest BCUT2D eigenvalue weighted by molar-refractivity contribution is 7.92. The van der Waals surface area contributed by atoms with Gasteiger partial charge in [-0.05, 0) is 36.8 Å². The van der Waals surface area contributed by atoms with Gasteiger partial charge >= 0.3 is 0 Å². The number of rotatable bonds is 5. The van der Waals surface area contributed by atoms with Crippen LogP contribution in [-0.4, -0.2) is 25.5 Å². The van der Waals surface area contributed by atoms with Gasteiger partial charge < -0.3 is 0 Å². The van der Waals surface area contributed by atoms with Crippen molar-refractivity contribution in [2.24, 2.45) is 5.84 Å². The molecule has 1 aliphatic rings.